The Bertz CT molecular complexity index is 622. The van der Waals surface area contributed by atoms with Crippen LogP contribution in [0.15, 0.2) is 24.3 Å². The third-order valence-electron chi connectivity index (χ3n) is 2.93. The van der Waals surface area contributed by atoms with Crippen molar-refractivity contribution in [3.63, 3.8) is 0 Å². The molecule has 19 heavy (non-hydrogen) atoms. The van der Waals surface area contributed by atoms with Crippen molar-refractivity contribution in [2.75, 3.05) is 0 Å². The normalized spacial score (nSPS) is 10.7. The van der Waals surface area contributed by atoms with Crippen LogP contribution in [0.25, 0.3) is 0 Å². The number of nitrogens with zero attached hydrogens (tertiary/aromatic N) is 2. The number of halogens is 2. The van der Waals surface area contributed by atoms with Crippen LogP contribution >= 0.6 is 11.6 Å². The van der Waals surface area contributed by atoms with E-state index >= 15 is 0 Å². The lowest BCUT2D eigenvalue weighted by Gasteiger charge is -2.02. The molecule has 1 heterocycles. The molecule has 5 heteroatoms. The Kier molecular flexibility index (Phi) is 4.00. The predicted molar refractivity (Wildman–Crippen MR) is 71.8 cm³/mol. The summed E-state index contributed by atoms with van der Waals surface area (Å²) < 4.78 is 14.6. The fraction of sp³-hybridized carbons (Fsp3) is 0.286. The smallest absolute Gasteiger partial charge is 0.141 e. The minimum atomic E-state index is -0.333. The van der Waals surface area contributed by atoms with E-state index in [0.717, 1.165) is 11.3 Å². The standard InChI is InChI=1S/C14H14ClFN2O/c1-9-13(14(15)18(2)17-9)8-12(19)7-10-4-3-5-11(16)6-10/h3-6H,7-8H2,1-2H3. The molecular weight excluding hydrogens is 267 g/mol. The van der Waals surface area contributed by atoms with Gasteiger partial charge in [-0.15, -0.1) is 0 Å². The van der Waals surface area contributed by atoms with Crippen molar-refractivity contribution in [2.24, 2.45) is 7.05 Å². The first-order valence-corrected chi connectivity index (χ1v) is 6.29. The maximum atomic E-state index is 13.0. The summed E-state index contributed by atoms with van der Waals surface area (Å²) in [5, 5.41) is 4.63. The number of Topliss-reactive ketones (excluding diaryl/α,β-unsaturated/α-hetero) is 1. The molecule has 0 aliphatic heterocycles. The number of ketones is 1. The average Bonchev–Trinajstić information content (AvgIpc) is 2.56. The molecule has 2 aromatic rings. The molecule has 2 rings (SSSR count). The zero-order valence-corrected chi connectivity index (χ0v) is 11.5. The van der Waals surface area contributed by atoms with Crippen LogP contribution in [0.1, 0.15) is 16.8 Å². The van der Waals surface area contributed by atoms with Crippen LogP contribution < -0.4 is 0 Å². The van der Waals surface area contributed by atoms with E-state index in [0.29, 0.717) is 10.7 Å². The SMILES string of the molecule is Cc1nn(C)c(Cl)c1CC(=O)Cc1cccc(F)c1. The molecule has 0 N–H and O–H groups in total. The summed E-state index contributed by atoms with van der Waals surface area (Å²) in [6, 6.07) is 6.06. The van der Waals surface area contributed by atoms with Gasteiger partial charge < -0.3 is 0 Å². The van der Waals surface area contributed by atoms with Crippen molar-refractivity contribution in [1.29, 1.82) is 0 Å². The van der Waals surface area contributed by atoms with E-state index in [1.54, 1.807) is 23.9 Å². The lowest BCUT2D eigenvalue weighted by Crippen LogP contribution is -2.07. The highest BCUT2D eigenvalue weighted by molar-refractivity contribution is 6.30. The molecule has 0 spiro atoms. The Morgan fingerprint density at radius 3 is 2.74 bits per heavy atom. The molecule has 0 fully saturated rings. The minimum absolute atomic E-state index is 0.0106. The molecule has 100 valence electrons. The van der Waals surface area contributed by atoms with Crippen LogP contribution in [-0.4, -0.2) is 15.6 Å². The zero-order valence-electron chi connectivity index (χ0n) is 10.8. The summed E-state index contributed by atoms with van der Waals surface area (Å²) in [6.07, 6.45) is 0.414. The average molecular weight is 281 g/mol. The Hall–Kier alpha value is -1.68. The van der Waals surface area contributed by atoms with Gasteiger partial charge in [-0.05, 0) is 24.6 Å². The van der Waals surface area contributed by atoms with Crippen molar-refractivity contribution >= 4 is 17.4 Å². The predicted octanol–water partition coefficient (Wildman–Crippen LogP) is 2.88. The number of carbonyl (C=O) groups excluding carboxylic acids is 1. The van der Waals surface area contributed by atoms with Crippen LogP contribution in [0.5, 0.6) is 0 Å². The first-order valence-electron chi connectivity index (χ1n) is 5.91. The Morgan fingerprint density at radius 2 is 2.16 bits per heavy atom. The summed E-state index contributed by atoms with van der Waals surface area (Å²) in [4.78, 5) is 12.0. The van der Waals surface area contributed by atoms with E-state index in [-0.39, 0.29) is 24.4 Å². The van der Waals surface area contributed by atoms with Crippen molar-refractivity contribution in [1.82, 2.24) is 9.78 Å². The van der Waals surface area contributed by atoms with Crippen LogP contribution in [-0.2, 0) is 24.7 Å². The third-order valence-corrected chi connectivity index (χ3v) is 3.41. The van der Waals surface area contributed by atoms with Crippen molar-refractivity contribution in [2.45, 2.75) is 19.8 Å². The molecular formula is C14H14ClFN2O. The molecule has 0 atom stereocenters. The summed E-state index contributed by atoms with van der Waals surface area (Å²) in [5.74, 6) is -0.343. The lowest BCUT2D eigenvalue weighted by molar-refractivity contribution is -0.117. The monoisotopic (exact) mass is 280 g/mol. The summed E-state index contributed by atoms with van der Waals surface area (Å²) in [5.41, 5.74) is 2.16. The fourth-order valence-electron chi connectivity index (χ4n) is 2.01. The molecule has 0 bridgehead atoms. The molecule has 1 aromatic carbocycles. The second kappa shape index (κ2) is 5.53. The molecule has 0 unspecified atom stereocenters. The highest BCUT2D eigenvalue weighted by Gasteiger charge is 2.15. The first-order chi connectivity index (χ1) is 8.97. The van der Waals surface area contributed by atoms with E-state index in [1.807, 2.05) is 6.92 Å². The first kappa shape index (κ1) is 13.7. The second-order valence-corrected chi connectivity index (χ2v) is 4.86. The summed E-state index contributed by atoms with van der Waals surface area (Å²) in [7, 11) is 1.73. The van der Waals surface area contributed by atoms with Crippen molar-refractivity contribution < 1.29 is 9.18 Å². The van der Waals surface area contributed by atoms with E-state index in [4.69, 9.17) is 11.6 Å². The van der Waals surface area contributed by atoms with Gasteiger partial charge in [-0.3, -0.25) is 9.48 Å². The maximum Gasteiger partial charge on any atom is 0.141 e. The van der Waals surface area contributed by atoms with E-state index in [1.165, 1.54) is 12.1 Å². The molecule has 0 amide bonds. The summed E-state index contributed by atoms with van der Waals surface area (Å²) >= 11 is 6.07. The number of hydrogen-bond acceptors (Lipinski definition) is 2. The highest BCUT2D eigenvalue weighted by atomic mass is 35.5. The molecule has 3 nitrogen and oxygen atoms in total. The van der Waals surface area contributed by atoms with Crippen LogP contribution in [0.3, 0.4) is 0 Å². The fourth-order valence-corrected chi connectivity index (χ4v) is 2.25. The number of carbonyl (C=O) groups is 1. The topological polar surface area (TPSA) is 34.9 Å². The van der Waals surface area contributed by atoms with Gasteiger partial charge in [-0.1, -0.05) is 23.7 Å². The largest absolute Gasteiger partial charge is 0.299 e. The number of benzene rings is 1. The van der Waals surface area contributed by atoms with Crippen LogP contribution in [0, 0.1) is 12.7 Å². The van der Waals surface area contributed by atoms with E-state index < -0.39 is 0 Å². The molecule has 0 saturated heterocycles. The highest BCUT2D eigenvalue weighted by Crippen LogP contribution is 2.20. The van der Waals surface area contributed by atoms with Crippen LogP contribution in [0.4, 0.5) is 4.39 Å². The van der Waals surface area contributed by atoms with Gasteiger partial charge in [-0.25, -0.2) is 4.39 Å². The minimum Gasteiger partial charge on any atom is -0.299 e. The van der Waals surface area contributed by atoms with Gasteiger partial charge in [0.1, 0.15) is 16.8 Å². The second-order valence-electron chi connectivity index (χ2n) is 4.50. The number of aromatic nitrogens is 2. The van der Waals surface area contributed by atoms with Gasteiger partial charge in [0.15, 0.2) is 0 Å². The van der Waals surface area contributed by atoms with Crippen molar-refractivity contribution in [3.8, 4) is 0 Å². The Labute approximate surface area is 116 Å². The number of hydrogen-bond donors (Lipinski definition) is 0. The Morgan fingerprint density at radius 1 is 1.42 bits per heavy atom. The molecule has 0 radical (unpaired) electrons. The molecule has 0 aliphatic carbocycles. The summed E-state index contributed by atoms with van der Waals surface area (Å²) in [6.45, 7) is 1.82. The molecule has 0 aliphatic rings. The molecule has 1 aromatic heterocycles. The number of aryl methyl sites for hydroxylation is 2. The van der Waals surface area contributed by atoms with Crippen molar-refractivity contribution in [3.05, 3.63) is 52.1 Å². The van der Waals surface area contributed by atoms with Gasteiger partial charge in [0.05, 0.1) is 5.69 Å². The van der Waals surface area contributed by atoms with Gasteiger partial charge >= 0.3 is 0 Å². The van der Waals surface area contributed by atoms with E-state index in [2.05, 4.69) is 5.10 Å². The van der Waals surface area contributed by atoms with Gasteiger partial charge in [-0.2, -0.15) is 5.10 Å². The van der Waals surface area contributed by atoms with E-state index in [9.17, 15) is 9.18 Å². The van der Waals surface area contributed by atoms with Crippen LogP contribution in [0.2, 0.25) is 5.15 Å². The third kappa shape index (κ3) is 3.20. The maximum absolute atomic E-state index is 13.0. The molecule has 0 saturated carbocycles. The van der Waals surface area contributed by atoms with Gasteiger partial charge in [0.2, 0.25) is 0 Å². The Balaban J connectivity index is 2.09. The van der Waals surface area contributed by atoms with Gasteiger partial charge in [0, 0.05) is 25.5 Å². The lowest BCUT2D eigenvalue weighted by atomic mass is 10.0. The van der Waals surface area contributed by atoms with Gasteiger partial charge in [0.25, 0.3) is 0 Å². The number of rotatable bonds is 4. The zero-order chi connectivity index (χ0) is 14.0. The quantitative estimate of drug-likeness (QED) is 0.863.